The van der Waals surface area contributed by atoms with E-state index in [1.54, 1.807) is 10.6 Å². The van der Waals surface area contributed by atoms with E-state index >= 15 is 4.39 Å². The molecule has 1 aromatic heterocycles. The molecule has 8 nitrogen and oxygen atoms in total. The fourth-order valence-corrected chi connectivity index (χ4v) is 4.11. The minimum atomic E-state index is -1.60. The van der Waals surface area contributed by atoms with Crippen LogP contribution in [-0.4, -0.2) is 34.5 Å². The van der Waals surface area contributed by atoms with Gasteiger partial charge in [-0.25, -0.2) is 9.18 Å². The molecule has 2 aromatic rings. The molecular formula is C20H25FN4O4. The zero-order valence-corrected chi connectivity index (χ0v) is 16.4. The quantitative estimate of drug-likeness (QED) is 0.529. The molecule has 156 valence electrons. The molecule has 5 N–H and O–H groups in total. The first kappa shape index (κ1) is 19.5. The molecule has 1 atom stereocenters. The van der Waals surface area contributed by atoms with Crippen LogP contribution in [0.15, 0.2) is 17.1 Å². The van der Waals surface area contributed by atoms with Crippen molar-refractivity contribution in [2.75, 3.05) is 23.7 Å². The van der Waals surface area contributed by atoms with Crippen molar-refractivity contribution in [1.82, 2.24) is 4.57 Å². The van der Waals surface area contributed by atoms with Crippen LogP contribution in [0.3, 0.4) is 0 Å². The number of aromatic nitrogens is 1. The Morgan fingerprint density at radius 2 is 2.03 bits per heavy atom. The van der Waals surface area contributed by atoms with Gasteiger partial charge in [0.1, 0.15) is 0 Å². The second-order valence-corrected chi connectivity index (χ2v) is 8.60. The van der Waals surface area contributed by atoms with Crippen molar-refractivity contribution in [3.05, 3.63) is 28.3 Å². The summed E-state index contributed by atoms with van der Waals surface area (Å²) in [6.45, 7) is 5.16. The summed E-state index contributed by atoms with van der Waals surface area (Å²) in [6, 6.07) is 1.73. The van der Waals surface area contributed by atoms with Crippen LogP contribution in [0.4, 0.5) is 20.6 Å². The Labute approximate surface area is 166 Å². The van der Waals surface area contributed by atoms with Gasteiger partial charge < -0.3 is 30.8 Å². The van der Waals surface area contributed by atoms with Crippen LogP contribution in [0.25, 0.3) is 10.9 Å². The maximum absolute atomic E-state index is 15.2. The van der Waals surface area contributed by atoms with E-state index in [4.69, 9.17) is 16.6 Å². The van der Waals surface area contributed by atoms with E-state index in [1.807, 2.05) is 18.7 Å². The summed E-state index contributed by atoms with van der Waals surface area (Å²) in [5.74, 6) is -0.849. The number of halogens is 1. The average Bonchev–Trinajstić information content (AvgIpc) is 3.34. The third kappa shape index (κ3) is 3.39. The van der Waals surface area contributed by atoms with Crippen molar-refractivity contribution >= 4 is 28.4 Å². The molecule has 0 spiro atoms. The number of benzene rings is 1. The number of nitrogens with zero attached hydrogens (tertiary/aromatic N) is 2. The number of hydrogen-bond donors (Lipinski definition) is 3. The first-order valence-corrected chi connectivity index (χ1v) is 9.69. The highest BCUT2D eigenvalue weighted by atomic mass is 19.1. The number of carbonyl (C=O) groups is 1. The van der Waals surface area contributed by atoms with Gasteiger partial charge in [-0.15, -0.1) is 0 Å². The van der Waals surface area contributed by atoms with Gasteiger partial charge in [-0.1, -0.05) is 0 Å². The van der Waals surface area contributed by atoms with E-state index in [-0.39, 0.29) is 34.3 Å². The van der Waals surface area contributed by atoms with Gasteiger partial charge in [0.15, 0.2) is 11.6 Å². The average molecular weight is 404 g/mol. The topological polar surface area (TPSA) is 124 Å². The summed E-state index contributed by atoms with van der Waals surface area (Å²) in [7, 11) is 0. The Morgan fingerprint density at radius 3 is 2.59 bits per heavy atom. The molecule has 1 aliphatic heterocycles. The third-order valence-electron chi connectivity index (χ3n) is 5.96. The van der Waals surface area contributed by atoms with Gasteiger partial charge in [-0.05, 0) is 45.1 Å². The summed E-state index contributed by atoms with van der Waals surface area (Å²) in [6.07, 6.45) is 2.37. The highest BCUT2D eigenvalue weighted by Gasteiger charge is 2.35. The van der Waals surface area contributed by atoms with Crippen LogP contribution in [0, 0.1) is 11.7 Å². The second-order valence-electron chi connectivity index (χ2n) is 8.60. The van der Waals surface area contributed by atoms with Crippen molar-refractivity contribution in [2.24, 2.45) is 11.7 Å². The van der Waals surface area contributed by atoms with E-state index in [9.17, 15) is 9.59 Å². The van der Waals surface area contributed by atoms with Gasteiger partial charge in [0, 0.05) is 24.7 Å². The SMILES string of the molecule is CC(C)(N)[C@@H]1CCN(c2cc3c(c(N)c2F)c(=O)c(OC(=O)O)cn3C2CC2)C1. The molecule has 0 amide bonds. The summed E-state index contributed by atoms with van der Waals surface area (Å²) in [4.78, 5) is 25.6. The lowest BCUT2D eigenvalue weighted by atomic mass is 9.88. The first-order chi connectivity index (χ1) is 13.6. The fourth-order valence-electron chi connectivity index (χ4n) is 4.11. The summed E-state index contributed by atoms with van der Waals surface area (Å²) >= 11 is 0. The van der Waals surface area contributed by atoms with Crippen molar-refractivity contribution in [3.63, 3.8) is 0 Å². The summed E-state index contributed by atoms with van der Waals surface area (Å²) in [5, 5.41) is 8.87. The zero-order valence-electron chi connectivity index (χ0n) is 16.4. The number of anilines is 2. The number of pyridine rings is 1. The Balaban J connectivity index is 1.87. The maximum atomic E-state index is 15.2. The number of carboxylic acid groups (broad SMARTS) is 1. The lowest BCUT2D eigenvalue weighted by Gasteiger charge is -2.28. The van der Waals surface area contributed by atoms with Crippen LogP contribution in [0.1, 0.15) is 39.2 Å². The van der Waals surface area contributed by atoms with Gasteiger partial charge in [-0.2, -0.15) is 0 Å². The molecule has 1 aromatic carbocycles. The van der Waals surface area contributed by atoms with Gasteiger partial charge in [0.2, 0.25) is 5.43 Å². The van der Waals surface area contributed by atoms with E-state index in [1.165, 1.54) is 6.20 Å². The second kappa shape index (κ2) is 6.62. The molecule has 1 saturated carbocycles. The molecule has 9 heteroatoms. The Bertz CT molecular complexity index is 1060. The maximum Gasteiger partial charge on any atom is 0.511 e. The monoisotopic (exact) mass is 404 g/mol. The largest absolute Gasteiger partial charge is 0.511 e. The van der Waals surface area contributed by atoms with Crippen LogP contribution < -0.4 is 26.5 Å². The lowest BCUT2D eigenvalue weighted by molar-refractivity contribution is 0.143. The van der Waals surface area contributed by atoms with E-state index in [2.05, 4.69) is 4.74 Å². The summed E-state index contributed by atoms with van der Waals surface area (Å²) < 4.78 is 21.6. The highest BCUT2D eigenvalue weighted by Crippen LogP contribution is 2.41. The van der Waals surface area contributed by atoms with Gasteiger partial charge in [-0.3, -0.25) is 4.79 Å². The normalized spacial score (nSPS) is 19.7. The highest BCUT2D eigenvalue weighted by molar-refractivity contribution is 5.95. The predicted molar refractivity (Wildman–Crippen MR) is 108 cm³/mol. The molecule has 2 heterocycles. The van der Waals surface area contributed by atoms with Gasteiger partial charge in [0.25, 0.3) is 0 Å². The molecule has 0 radical (unpaired) electrons. The zero-order chi connectivity index (χ0) is 21.1. The number of rotatable bonds is 4. The smallest absolute Gasteiger partial charge is 0.449 e. The van der Waals surface area contributed by atoms with E-state index in [0.29, 0.717) is 24.3 Å². The Morgan fingerprint density at radius 1 is 1.34 bits per heavy atom. The fraction of sp³-hybridized carbons (Fsp3) is 0.500. The first-order valence-electron chi connectivity index (χ1n) is 9.69. The van der Waals surface area contributed by atoms with E-state index in [0.717, 1.165) is 19.3 Å². The Kier molecular flexibility index (Phi) is 4.45. The molecule has 4 rings (SSSR count). The Hall–Kier alpha value is -2.81. The molecular weight excluding hydrogens is 379 g/mol. The van der Waals surface area contributed by atoms with Crippen LogP contribution >= 0.6 is 0 Å². The third-order valence-corrected chi connectivity index (χ3v) is 5.96. The number of fused-ring (bicyclic) bond motifs is 1. The molecule has 1 saturated heterocycles. The van der Waals surface area contributed by atoms with Crippen LogP contribution in [-0.2, 0) is 0 Å². The predicted octanol–water partition coefficient (Wildman–Crippen LogP) is 2.68. The van der Waals surface area contributed by atoms with E-state index < -0.39 is 17.4 Å². The summed E-state index contributed by atoms with van der Waals surface area (Å²) in [5.41, 5.74) is 11.7. The molecule has 2 aliphatic rings. The molecule has 1 aliphatic carbocycles. The minimum Gasteiger partial charge on any atom is -0.449 e. The van der Waals surface area contributed by atoms with Gasteiger partial charge in [0.05, 0.1) is 28.5 Å². The van der Waals surface area contributed by atoms with Crippen LogP contribution in [0.5, 0.6) is 5.75 Å². The number of nitrogen functional groups attached to an aromatic ring is 1. The number of ether oxygens (including phenoxy) is 1. The molecule has 29 heavy (non-hydrogen) atoms. The minimum absolute atomic E-state index is 0.0493. The van der Waals surface area contributed by atoms with Crippen molar-refractivity contribution in [2.45, 2.75) is 44.7 Å². The number of hydrogen-bond acceptors (Lipinski definition) is 6. The molecule has 2 fully saturated rings. The van der Waals surface area contributed by atoms with Crippen molar-refractivity contribution in [3.8, 4) is 5.75 Å². The number of nitrogens with two attached hydrogens (primary N) is 2. The molecule has 0 unspecified atom stereocenters. The lowest BCUT2D eigenvalue weighted by Crippen LogP contribution is -2.42. The molecule has 0 bridgehead atoms. The van der Waals surface area contributed by atoms with Gasteiger partial charge >= 0.3 is 6.16 Å². The standard InChI is InChI=1S/C20H25FN4O4/c1-20(2,23)10-5-6-24(8-10)13-7-12-15(17(22)16(13)21)18(26)14(29-19(27)28)9-25(12)11-3-4-11/h7,9-11H,3-6,8,22-23H2,1-2H3,(H,27,28)/t10-/m1/s1. The van der Waals surface area contributed by atoms with Crippen molar-refractivity contribution < 1.29 is 19.0 Å². The van der Waals surface area contributed by atoms with Crippen molar-refractivity contribution in [1.29, 1.82) is 0 Å². The van der Waals surface area contributed by atoms with Crippen LogP contribution in [0.2, 0.25) is 0 Å².